The molecule has 166 valence electrons. The molecule has 3 aromatic carbocycles. The molecule has 6 heteroatoms. The van der Waals surface area contributed by atoms with E-state index in [-0.39, 0.29) is 12.3 Å². The summed E-state index contributed by atoms with van der Waals surface area (Å²) < 4.78 is 12.2. The Morgan fingerprint density at radius 2 is 1.69 bits per heavy atom. The van der Waals surface area contributed by atoms with Gasteiger partial charge in [0.15, 0.2) is 0 Å². The summed E-state index contributed by atoms with van der Waals surface area (Å²) in [6.07, 6.45) is 1.90. The van der Waals surface area contributed by atoms with Crippen LogP contribution in [0.4, 0.5) is 5.69 Å². The second kappa shape index (κ2) is 9.30. The number of carbonyl (C=O) groups is 2. The van der Waals surface area contributed by atoms with Gasteiger partial charge in [0.05, 0.1) is 31.7 Å². The minimum Gasteiger partial charge on any atom is -0.493 e. The maximum Gasteiger partial charge on any atom is 0.307 e. The number of anilines is 1. The van der Waals surface area contributed by atoms with Gasteiger partial charge in [-0.25, -0.2) is 0 Å². The molecule has 1 heterocycles. The summed E-state index contributed by atoms with van der Waals surface area (Å²) in [4.78, 5) is 26.3. The summed E-state index contributed by atoms with van der Waals surface area (Å²) >= 11 is 0. The molecular formula is C26H27NO5. The van der Waals surface area contributed by atoms with Crippen molar-refractivity contribution in [2.24, 2.45) is 0 Å². The number of unbranched alkanes of at least 4 members (excludes halogenated alkanes) is 1. The van der Waals surface area contributed by atoms with Crippen LogP contribution < -0.4 is 14.4 Å². The second-order valence-corrected chi connectivity index (χ2v) is 7.82. The number of fused-ring (bicyclic) bond motifs is 2. The number of aliphatic carboxylic acids is 1. The molecule has 0 fully saturated rings. The van der Waals surface area contributed by atoms with Gasteiger partial charge in [0.1, 0.15) is 11.5 Å². The third-order valence-corrected chi connectivity index (χ3v) is 5.63. The topological polar surface area (TPSA) is 76.1 Å². The van der Waals surface area contributed by atoms with Crippen LogP contribution in [0.2, 0.25) is 0 Å². The molecule has 0 bridgehead atoms. The summed E-state index contributed by atoms with van der Waals surface area (Å²) in [5, 5.41) is 10.8. The lowest BCUT2D eigenvalue weighted by atomic mass is 9.99. The number of ether oxygens (including phenoxy) is 2. The summed E-state index contributed by atoms with van der Waals surface area (Å²) in [6, 6.07) is 14.9. The number of hydrogen-bond acceptors (Lipinski definition) is 4. The van der Waals surface area contributed by atoms with Crippen LogP contribution >= 0.6 is 0 Å². The fraction of sp³-hybridized carbons (Fsp3) is 0.308. The van der Waals surface area contributed by atoms with E-state index < -0.39 is 5.97 Å². The molecule has 6 nitrogen and oxygen atoms in total. The number of benzene rings is 3. The zero-order chi connectivity index (χ0) is 22.7. The average Bonchev–Trinajstić information content (AvgIpc) is 3.13. The molecule has 0 saturated heterocycles. The number of carboxylic acids is 1. The van der Waals surface area contributed by atoms with Crippen LogP contribution in [0.5, 0.6) is 11.5 Å². The van der Waals surface area contributed by atoms with E-state index >= 15 is 0 Å². The Labute approximate surface area is 187 Å². The normalized spacial score (nSPS) is 12.8. The maximum atomic E-state index is 13.6. The Hall–Kier alpha value is -3.54. The number of carboxylic acid groups (broad SMARTS) is 1. The van der Waals surface area contributed by atoms with E-state index in [0.29, 0.717) is 42.3 Å². The van der Waals surface area contributed by atoms with Gasteiger partial charge >= 0.3 is 5.97 Å². The highest BCUT2D eigenvalue weighted by molar-refractivity contribution is 6.16. The van der Waals surface area contributed by atoms with Crippen molar-refractivity contribution in [3.05, 3.63) is 65.2 Å². The molecule has 0 aliphatic carbocycles. The van der Waals surface area contributed by atoms with E-state index in [1.807, 2.05) is 31.2 Å². The van der Waals surface area contributed by atoms with Crippen LogP contribution in [0.25, 0.3) is 10.8 Å². The lowest BCUT2D eigenvalue weighted by Gasteiger charge is -2.17. The molecule has 0 aromatic heterocycles. The van der Waals surface area contributed by atoms with Gasteiger partial charge in [-0.3, -0.25) is 9.59 Å². The molecule has 1 aliphatic heterocycles. The Morgan fingerprint density at radius 3 is 2.31 bits per heavy atom. The Morgan fingerprint density at radius 1 is 1.00 bits per heavy atom. The van der Waals surface area contributed by atoms with E-state index in [1.165, 1.54) is 0 Å². The number of hydrogen-bond donors (Lipinski definition) is 1. The van der Waals surface area contributed by atoms with Gasteiger partial charge < -0.3 is 19.5 Å². The van der Waals surface area contributed by atoms with Gasteiger partial charge in [0, 0.05) is 22.0 Å². The molecule has 32 heavy (non-hydrogen) atoms. The van der Waals surface area contributed by atoms with E-state index in [9.17, 15) is 9.59 Å². The summed E-state index contributed by atoms with van der Waals surface area (Å²) in [6.45, 7) is 5.43. The lowest BCUT2D eigenvalue weighted by molar-refractivity contribution is -0.136. The molecule has 0 spiro atoms. The zero-order valence-corrected chi connectivity index (χ0v) is 18.4. The van der Waals surface area contributed by atoms with Gasteiger partial charge in [-0.05, 0) is 31.0 Å². The van der Waals surface area contributed by atoms with Gasteiger partial charge in [-0.1, -0.05) is 49.7 Å². The van der Waals surface area contributed by atoms with E-state index in [4.69, 9.17) is 14.6 Å². The summed E-state index contributed by atoms with van der Waals surface area (Å²) in [5.74, 6) is 0.312. The van der Waals surface area contributed by atoms with Gasteiger partial charge in [-0.2, -0.15) is 0 Å². The monoisotopic (exact) mass is 433 g/mol. The molecule has 0 saturated carbocycles. The number of carbonyl (C=O) groups excluding carboxylic acids is 1. The van der Waals surface area contributed by atoms with Crippen molar-refractivity contribution in [2.45, 2.75) is 39.7 Å². The highest BCUT2D eigenvalue weighted by Gasteiger charge is 2.36. The van der Waals surface area contributed by atoms with Gasteiger partial charge in [0.2, 0.25) is 0 Å². The zero-order valence-electron chi connectivity index (χ0n) is 18.4. The molecule has 0 atom stereocenters. The lowest BCUT2D eigenvalue weighted by Crippen LogP contribution is -2.23. The van der Waals surface area contributed by atoms with Crippen LogP contribution in [-0.4, -0.2) is 30.2 Å². The summed E-state index contributed by atoms with van der Waals surface area (Å²) in [5.41, 5.74) is 2.79. The van der Waals surface area contributed by atoms with Crippen LogP contribution in [0, 0.1) is 0 Å². The van der Waals surface area contributed by atoms with Crippen molar-refractivity contribution in [3.63, 3.8) is 0 Å². The minimum absolute atomic E-state index is 0.0518. The standard InChI is InChI=1S/C26H27NO5/c1-3-5-14-32-24-19-8-6-7-9-20(19)25(31-4-2)23-21(24)16-27(26(23)30)18-12-10-17(11-13-18)15-22(28)29/h6-13H,3-5,14-16H2,1-2H3,(H,28,29). The predicted molar refractivity (Wildman–Crippen MR) is 124 cm³/mol. The fourth-order valence-electron chi connectivity index (χ4n) is 4.12. The highest BCUT2D eigenvalue weighted by Crippen LogP contribution is 2.46. The first-order valence-corrected chi connectivity index (χ1v) is 11.0. The molecule has 1 amide bonds. The summed E-state index contributed by atoms with van der Waals surface area (Å²) in [7, 11) is 0. The third-order valence-electron chi connectivity index (χ3n) is 5.63. The van der Waals surface area contributed by atoms with Crippen molar-refractivity contribution in [1.82, 2.24) is 0 Å². The molecular weight excluding hydrogens is 406 g/mol. The molecule has 1 aliphatic rings. The van der Waals surface area contributed by atoms with E-state index in [2.05, 4.69) is 6.92 Å². The molecule has 4 rings (SSSR count). The van der Waals surface area contributed by atoms with Gasteiger partial charge in [-0.15, -0.1) is 0 Å². The Bertz CT molecular complexity index is 1150. The number of rotatable bonds is 9. The van der Waals surface area contributed by atoms with Crippen LogP contribution in [0.15, 0.2) is 48.5 Å². The van der Waals surface area contributed by atoms with Crippen molar-refractivity contribution in [2.75, 3.05) is 18.1 Å². The fourth-order valence-corrected chi connectivity index (χ4v) is 4.12. The van der Waals surface area contributed by atoms with Crippen LogP contribution in [0.3, 0.4) is 0 Å². The van der Waals surface area contributed by atoms with Crippen LogP contribution in [-0.2, 0) is 17.8 Å². The maximum absolute atomic E-state index is 13.6. The van der Waals surface area contributed by atoms with Crippen molar-refractivity contribution in [3.8, 4) is 11.5 Å². The predicted octanol–water partition coefficient (Wildman–Crippen LogP) is 5.20. The van der Waals surface area contributed by atoms with Crippen molar-refractivity contribution in [1.29, 1.82) is 0 Å². The molecule has 3 aromatic rings. The number of amides is 1. The molecule has 0 radical (unpaired) electrons. The van der Waals surface area contributed by atoms with Crippen LogP contribution in [0.1, 0.15) is 48.2 Å². The third kappa shape index (κ3) is 4.00. The van der Waals surface area contributed by atoms with E-state index in [0.717, 1.165) is 34.9 Å². The van der Waals surface area contributed by atoms with Crippen molar-refractivity contribution >= 4 is 28.3 Å². The van der Waals surface area contributed by atoms with E-state index in [1.54, 1.807) is 29.2 Å². The quantitative estimate of drug-likeness (QED) is 0.469. The minimum atomic E-state index is -0.885. The first-order chi connectivity index (χ1) is 15.5. The van der Waals surface area contributed by atoms with Gasteiger partial charge in [0.25, 0.3) is 5.91 Å². The first kappa shape index (κ1) is 21.7. The molecule has 0 unspecified atom stereocenters. The molecule has 1 N–H and O–H groups in total. The Kier molecular flexibility index (Phi) is 6.30. The SMILES string of the molecule is CCCCOc1c2c(c(OCC)c3ccccc13)C(=O)N(c1ccc(CC(=O)O)cc1)C2. The Balaban J connectivity index is 1.80. The second-order valence-electron chi connectivity index (χ2n) is 7.82. The average molecular weight is 434 g/mol. The first-order valence-electron chi connectivity index (χ1n) is 11.0. The largest absolute Gasteiger partial charge is 0.493 e. The van der Waals surface area contributed by atoms with Crippen molar-refractivity contribution < 1.29 is 24.2 Å². The number of nitrogens with zero attached hydrogens (tertiary/aromatic N) is 1. The smallest absolute Gasteiger partial charge is 0.307 e. The highest BCUT2D eigenvalue weighted by atomic mass is 16.5.